The number of rotatable bonds is 4. The van der Waals surface area contributed by atoms with Crippen molar-refractivity contribution in [2.24, 2.45) is 5.73 Å². The van der Waals surface area contributed by atoms with E-state index in [0.29, 0.717) is 0 Å². The Morgan fingerprint density at radius 1 is 1.32 bits per heavy atom. The zero-order valence-electron chi connectivity index (χ0n) is 11.1. The normalized spacial score (nSPS) is 12.4. The minimum absolute atomic E-state index is 0. The van der Waals surface area contributed by atoms with Crippen LogP contribution in [0.1, 0.15) is 23.9 Å². The number of carbonyl (C=O) groups is 1. The Kier molecular flexibility index (Phi) is 5.89. The van der Waals surface area contributed by atoms with Crippen LogP contribution in [0.3, 0.4) is 0 Å². The van der Waals surface area contributed by atoms with E-state index in [9.17, 15) is 18.0 Å². The zero-order valence-corrected chi connectivity index (χ0v) is 11.9. The van der Waals surface area contributed by atoms with Crippen molar-refractivity contribution in [1.29, 1.82) is 0 Å². The minimum atomic E-state index is -4.64. The minimum Gasteiger partial charge on any atom is -0.324 e. The molecule has 1 unspecified atom stereocenters. The van der Waals surface area contributed by atoms with Crippen LogP contribution in [0.15, 0.2) is 30.3 Å². The number of aromatic amines is 1. The summed E-state index contributed by atoms with van der Waals surface area (Å²) in [6, 6.07) is 8.31. The number of carbonyl (C=O) groups excluding carboxylic acids is 1. The van der Waals surface area contributed by atoms with E-state index >= 15 is 0 Å². The van der Waals surface area contributed by atoms with Crippen molar-refractivity contribution in [1.82, 2.24) is 15.2 Å². The van der Waals surface area contributed by atoms with E-state index < -0.39 is 29.9 Å². The topological polar surface area (TPSA) is 96.7 Å². The summed E-state index contributed by atoms with van der Waals surface area (Å²) in [6.45, 7) is 0. The summed E-state index contributed by atoms with van der Waals surface area (Å²) in [5, 5.41) is 7.14. The Morgan fingerprint density at radius 3 is 2.50 bits per heavy atom. The molecule has 0 saturated carbocycles. The van der Waals surface area contributed by atoms with Gasteiger partial charge < -0.3 is 5.73 Å². The van der Waals surface area contributed by atoms with Gasteiger partial charge in [-0.15, -0.1) is 17.5 Å². The monoisotopic (exact) mass is 335 g/mol. The third-order valence-electron chi connectivity index (χ3n) is 2.64. The first-order valence-electron chi connectivity index (χ1n) is 5.96. The predicted octanol–water partition coefficient (Wildman–Crippen LogP) is 2.27. The average Bonchev–Trinajstić information content (AvgIpc) is 2.88. The maximum atomic E-state index is 12.3. The highest BCUT2D eigenvalue weighted by atomic mass is 35.5. The molecule has 6 nitrogen and oxygen atoms in total. The molecule has 0 aliphatic heterocycles. The second kappa shape index (κ2) is 7.23. The van der Waals surface area contributed by atoms with Gasteiger partial charge in [0.05, 0.1) is 0 Å². The number of hydrogen-bond acceptors (Lipinski definition) is 4. The maximum absolute atomic E-state index is 12.3. The molecule has 2 rings (SSSR count). The van der Waals surface area contributed by atoms with Gasteiger partial charge in [0.1, 0.15) is 0 Å². The molecule has 0 saturated heterocycles. The molecule has 1 aromatic heterocycles. The second-order valence-corrected chi connectivity index (χ2v) is 4.27. The Balaban J connectivity index is 0.00000242. The van der Waals surface area contributed by atoms with Crippen LogP contribution in [0.4, 0.5) is 19.1 Å². The van der Waals surface area contributed by atoms with Crippen molar-refractivity contribution in [2.45, 2.75) is 18.6 Å². The number of nitrogens with zero attached hydrogens (tertiary/aromatic N) is 2. The molecule has 0 spiro atoms. The number of aromatic nitrogens is 3. The smallest absolute Gasteiger partial charge is 0.324 e. The first-order chi connectivity index (χ1) is 9.86. The summed E-state index contributed by atoms with van der Waals surface area (Å²) in [4.78, 5) is 14.8. The molecule has 0 aliphatic carbocycles. The van der Waals surface area contributed by atoms with Gasteiger partial charge in [-0.3, -0.25) is 15.2 Å². The highest BCUT2D eigenvalue weighted by Crippen LogP contribution is 2.26. The zero-order chi connectivity index (χ0) is 15.5. The molecule has 1 atom stereocenters. The fourth-order valence-corrected chi connectivity index (χ4v) is 1.64. The summed E-state index contributed by atoms with van der Waals surface area (Å²) < 4.78 is 36.9. The Bertz CT molecular complexity index is 617. The van der Waals surface area contributed by atoms with Crippen molar-refractivity contribution in [3.05, 3.63) is 41.7 Å². The van der Waals surface area contributed by atoms with Gasteiger partial charge in [0, 0.05) is 12.5 Å². The lowest BCUT2D eigenvalue weighted by Crippen LogP contribution is -2.21. The Hall–Kier alpha value is -2.13. The Labute approximate surface area is 129 Å². The second-order valence-electron chi connectivity index (χ2n) is 4.27. The van der Waals surface area contributed by atoms with Crippen molar-refractivity contribution in [3.8, 4) is 0 Å². The number of alkyl halides is 3. The first kappa shape index (κ1) is 17.9. The highest BCUT2D eigenvalue weighted by molar-refractivity contribution is 5.89. The van der Waals surface area contributed by atoms with Gasteiger partial charge in [-0.05, 0) is 5.56 Å². The third-order valence-corrected chi connectivity index (χ3v) is 2.64. The van der Waals surface area contributed by atoms with Crippen LogP contribution >= 0.6 is 12.4 Å². The van der Waals surface area contributed by atoms with E-state index in [-0.39, 0.29) is 18.8 Å². The lowest BCUT2D eigenvalue weighted by Gasteiger charge is -2.10. The number of hydrogen-bond donors (Lipinski definition) is 3. The van der Waals surface area contributed by atoms with Crippen LogP contribution in [0.2, 0.25) is 0 Å². The molecule has 0 fully saturated rings. The van der Waals surface area contributed by atoms with Crippen molar-refractivity contribution < 1.29 is 18.0 Å². The molecule has 0 radical (unpaired) electrons. The number of nitrogens with one attached hydrogen (secondary N) is 2. The van der Waals surface area contributed by atoms with Gasteiger partial charge in [-0.25, -0.2) is 0 Å². The molecule has 1 heterocycles. The van der Waals surface area contributed by atoms with Gasteiger partial charge in [-0.1, -0.05) is 30.3 Å². The quantitative estimate of drug-likeness (QED) is 0.798. The number of amides is 1. The summed E-state index contributed by atoms with van der Waals surface area (Å²) >= 11 is 0. The number of halogens is 4. The van der Waals surface area contributed by atoms with Crippen LogP contribution in [0.5, 0.6) is 0 Å². The first-order valence-corrected chi connectivity index (χ1v) is 5.96. The van der Waals surface area contributed by atoms with Crippen LogP contribution in [-0.4, -0.2) is 21.1 Å². The van der Waals surface area contributed by atoms with Crippen LogP contribution in [0, 0.1) is 0 Å². The van der Waals surface area contributed by atoms with Crippen molar-refractivity contribution in [2.75, 3.05) is 5.32 Å². The molecule has 4 N–H and O–H groups in total. The largest absolute Gasteiger partial charge is 0.451 e. The molecular formula is C12H13ClF3N5O. The van der Waals surface area contributed by atoms with E-state index in [0.717, 1.165) is 5.56 Å². The molecule has 10 heteroatoms. The highest BCUT2D eigenvalue weighted by Gasteiger charge is 2.35. The van der Waals surface area contributed by atoms with E-state index in [4.69, 9.17) is 5.73 Å². The van der Waals surface area contributed by atoms with Crippen molar-refractivity contribution >= 4 is 24.3 Å². The van der Waals surface area contributed by atoms with Crippen molar-refractivity contribution in [3.63, 3.8) is 0 Å². The number of H-pyrrole nitrogens is 1. The van der Waals surface area contributed by atoms with Gasteiger partial charge in [0.25, 0.3) is 0 Å². The van der Waals surface area contributed by atoms with Crippen LogP contribution in [0.25, 0.3) is 0 Å². The van der Waals surface area contributed by atoms with E-state index in [1.807, 2.05) is 6.07 Å². The molecular weight excluding hydrogens is 323 g/mol. The molecule has 1 aromatic carbocycles. The van der Waals surface area contributed by atoms with Gasteiger partial charge >= 0.3 is 6.18 Å². The van der Waals surface area contributed by atoms with Gasteiger partial charge in [0.2, 0.25) is 17.7 Å². The molecule has 1 amide bonds. The fourth-order valence-electron chi connectivity index (χ4n) is 1.64. The summed E-state index contributed by atoms with van der Waals surface area (Å²) in [6.07, 6.45) is -4.74. The lowest BCUT2D eigenvalue weighted by atomic mass is 10.0. The molecule has 2 aromatic rings. The van der Waals surface area contributed by atoms with Crippen LogP contribution in [-0.2, 0) is 11.0 Å². The van der Waals surface area contributed by atoms with Crippen LogP contribution < -0.4 is 11.1 Å². The van der Waals surface area contributed by atoms with E-state index in [2.05, 4.69) is 15.4 Å². The SMILES string of the molecule is Cl.NC(CC(=O)Nc1n[nH]c(C(F)(F)F)n1)c1ccccc1. The Morgan fingerprint density at radius 2 is 1.95 bits per heavy atom. The van der Waals surface area contributed by atoms with Gasteiger partial charge in [-0.2, -0.15) is 18.2 Å². The number of benzene rings is 1. The summed E-state index contributed by atoms with van der Waals surface area (Å²) in [7, 11) is 0. The van der Waals surface area contributed by atoms with Gasteiger partial charge in [0.15, 0.2) is 0 Å². The average molecular weight is 336 g/mol. The number of nitrogens with two attached hydrogens (primary N) is 1. The molecule has 0 bridgehead atoms. The maximum Gasteiger partial charge on any atom is 0.451 e. The lowest BCUT2D eigenvalue weighted by molar-refractivity contribution is -0.144. The van der Waals surface area contributed by atoms with E-state index in [1.165, 1.54) is 0 Å². The predicted molar refractivity (Wildman–Crippen MR) is 75.2 cm³/mol. The fraction of sp³-hybridized carbons (Fsp3) is 0.250. The summed E-state index contributed by atoms with van der Waals surface area (Å²) in [5.74, 6) is -2.28. The standard InChI is InChI=1S/C12H12F3N5O.ClH/c13-12(14,15)10-18-11(20-19-10)17-9(21)6-8(16)7-4-2-1-3-5-7;/h1-5,8H,6,16H2,(H2,17,18,19,20,21);1H. The third kappa shape index (κ3) is 4.71. The number of anilines is 1. The molecule has 22 heavy (non-hydrogen) atoms. The molecule has 0 aliphatic rings. The van der Waals surface area contributed by atoms with E-state index in [1.54, 1.807) is 29.4 Å². The molecule has 120 valence electrons. The summed E-state index contributed by atoms with van der Waals surface area (Å²) in [5.41, 5.74) is 6.58.